The molecular weight excluding hydrogens is 318 g/mol. The minimum Gasteiger partial charge on any atom is -0.397 e. The fourth-order valence-electron chi connectivity index (χ4n) is 2.79. The van der Waals surface area contributed by atoms with E-state index in [1.807, 2.05) is 24.3 Å². The topological polar surface area (TPSA) is 50.5 Å². The van der Waals surface area contributed by atoms with Gasteiger partial charge in [0, 0.05) is 30.8 Å². The molecule has 24 heavy (non-hydrogen) atoms. The number of benzene rings is 2. The fourth-order valence-corrected chi connectivity index (χ4v) is 3.61. The zero-order valence-electron chi connectivity index (χ0n) is 14.1. The Hall–Kier alpha value is -1.85. The first-order chi connectivity index (χ1) is 11.7. The molecule has 0 aromatic heterocycles. The van der Waals surface area contributed by atoms with Gasteiger partial charge < -0.3 is 20.1 Å². The molecule has 3 rings (SSSR count). The van der Waals surface area contributed by atoms with Gasteiger partial charge in [0.2, 0.25) is 0 Å². The van der Waals surface area contributed by atoms with Crippen molar-refractivity contribution in [2.75, 3.05) is 35.6 Å². The lowest BCUT2D eigenvalue weighted by molar-refractivity contribution is 0.0248. The Kier molecular flexibility index (Phi) is 5.88. The van der Waals surface area contributed by atoms with Gasteiger partial charge in [0.15, 0.2) is 0 Å². The highest BCUT2D eigenvalue weighted by Crippen LogP contribution is 2.31. The third-order valence-corrected chi connectivity index (χ3v) is 5.15. The van der Waals surface area contributed by atoms with E-state index in [0.717, 1.165) is 36.6 Å². The van der Waals surface area contributed by atoms with E-state index in [2.05, 4.69) is 40.9 Å². The van der Waals surface area contributed by atoms with Gasteiger partial charge in [-0.3, -0.25) is 0 Å². The molecule has 1 atom stereocenters. The minimum atomic E-state index is 0.300. The SMILES string of the molecule is CN(Sc1ccccc1)c1ccc(NCC2CCCCO2)c(N)c1. The maximum atomic E-state index is 6.23. The molecule has 0 aliphatic carbocycles. The zero-order chi connectivity index (χ0) is 16.8. The number of ether oxygens (including phenoxy) is 1. The van der Waals surface area contributed by atoms with Crippen LogP contribution in [0.4, 0.5) is 17.1 Å². The minimum absolute atomic E-state index is 0.300. The molecule has 0 radical (unpaired) electrons. The van der Waals surface area contributed by atoms with E-state index in [-0.39, 0.29) is 0 Å². The van der Waals surface area contributed by atoms with E-state index in [9.17, 15) is 0 Å². The summed E-state index contributed by atoms with van der Waals surface area (Å²) in [6, 6.07) is 16.5. The molecule has 2 aromatic rings. The summed E-state index contributed by atoms with van der Waals surface area (Å²) in [4.78, 5) is 1.20. The second-order valence-corrected chi connectivity index (χ2v) is 7.24. The third kappa shape index (κ3) is 4.58. The average Bonchev–Trinajstić information content (AvgIpc) is 2.62. The maximum absolute atomic E-state index is 6.23. The predicted molar refractivity (Wildman–Crippen MR) is 104 cm³/mol. The quantitative estimate of drug-likeness (QED) is 0.602. The van der Waals surface area contributed by atoms with Gasteiger partial charge in [0.05, 0.1) is 17.5 Å². The van der Waals surface area contributed by atoms with E-state index in [0.29, 0.717) is 6.10 Å². The largest absolute Gasteiger partial charge is 0.397 e. The molecule has 0 bridgehead atoms. The summed E-state index contributed by atoms with van der Waals surface area (Å²) < 4.78 is 7.88. The first kappa shape index (κ1) is 17.0. The Bertz CT molecular complexity index is 644. The Morgan fingerprint density at radius 1 is 1.21 bits per heavy atom. The van der Waals surface area contributed by atoms with Crippen LogP contribution in [0.25, 0.3) is 0 Å². The summed E-state index contributed by atoms with van der Waals surface area (Å²) in [5.41, 5.74) is 9.06. The van der Waals surface area contributed by atoms with Crippen LogP contribution in [-0.4, -0.2) is 26.3 Å². The summed E-state index contributed by atoms with van der Waals surface area (Å²) in [7, 11) is 2.05. The van der Waals surface area contributed by atoms with Crippen LogP contribution < -0.4 is 15.4 Å². The molecule has 1 fully saturated rings. The highest BCUT2D eigenvalue weighted by molar-refractivity contribution is 8.00. The van der Waals surface area contributed by atoms with Crippen molar-refractivity contribution in [3.63, 3.8) is 0 Å². The van der Waals surface area contributed by atoms with Gasteiger partial charge in [-0.05, 0) is 61.5 Å². The first-order valence-corrected chi connectivity index (χ1v) is 9.21. The Balaban J connectivity index is 1.59. The summed E-state index contributed by atoms with van der Waals surface area (Å²) in [5.74, 6) is 0. The summed E-state index contributed by atoms with van der Waals surface area (Å²) in [6.45, 7) is 1.69. The van der Waals surface area contributed by atoms with Gasteiger partial charge in [0.1, 0.15) is 0 Å². The fraction of sp³-hybridized carbons (Fsp3) is 0.368. The van der Waals surface area contributed by atoms with Crippen molar-refractivity contribution in [3.8, 4) is 0 Å². The molecule has 4 nitrogen and oxygen atoms in total. The normalized spacial score (nSPS) is 17.5. The van der Waals surface area contributed by atoms with Crippen LogP contribution in [0.1, 0.15) is 19.3 Å². The van der Waals surface area contributed by atoms with Crippen LogP contribution in [0.2, 0.25) is 0 Å². The predicted octanol–water partition coefficient (Wildman–Crippen LogP) is 4.39. The molecule has 0 saturated carbocycles. The summed E-state index contributed by atoms with van der Waals surface area (Å²) >= 11 is 1.68. The highest BCUT2D eigenvalue weighted by Gasteiger charge is 2.14. The van der Waals surface area contributed by atoms with Crippen LogP contribution in [0.5, 0.6) is 0 Å². The average molecular weight is 343 g/mol. The Labute approximate surface area is 148 Å². The molecule has 1 aliphatic rings. The van der Waals surface area contributed by atoms with E-state index in [1.54, 1.807) is 11.9 Å². The molecule has 0 spiro atoms. The molecule has 1 unspecified atom stereocenters. The van der Waals surface area contributed by atoms with Crippen LogP contribution in [0, 0.1) is 0 Å². The van der Waals surface area contributed by atoms with Crippen molar-refractivity contribution in [3.05, 3.63) is 48.5 Å². The van der Waals surface area contributed by atoms with Crippen molar-refractivity contribution in [1.29, 1.82) is 0 Å². The van der Waals surface area contributed by atoms with Crippen LogP contribution >= 0.6 is 11.9 Å². The van der Waals surface area contributed by atoms with Gasteiger partial charge in [-0.25, -0.2) is 0 Å². The molecular formula is C19H25N3OS. The number of hydrogen-bond acceptors (Lipinski definition) is 5. The lowest BCUT2D eigenvalue weighted by atomic mass is 10.1. The second kappa shape index (κ2) is 8.31. The highest BCUT2D eigenvalue weighted by atomic mass is 32.2. The van der Waals surface area contributed by atoms with Crippen molar-refractivity contribution >= 4 is 29.0 Å². The monoisotopic (exact) mass is 343 g/mol. The van der Waals surface area contributed by atoms with Crippen molar-refractivity contribution in [2.45, 2.75) is 30.3 Å². The van der Waals surface area contributed by atoms with E-state index >= 15 is 0 Å². The number of nitrogens with zero attached hydrogens (tertiary/aromatic N) is 1. The van der Waals surface area contributed by atoms with Crippen molar-refractivity contribution in [1.82, 2.24) is 0 Å². The molecule has 128 valence electrons. The first-order valence-electron chi connectivity index (χ1n) is 8.44. The smallest absolute Gasteiger partial charge is 0.0747 e. The van der Waals surface area contributed by atoms with Crippen LogP contribution in [-0.2, 0) is 4.74 Å². The lowest BCUT2D eigenvalue weighted by Crippen LogP contribution is -2.27. The number of nitrogen functional groups attached to an aromatic ring is 1. The second-order valence-electron chi connectivity index (χ2n) is 6.04. The van der Waals surface area contributed by atoms with Gasteiger partial charge in [0.25, 0.3) is 0 Å². The Morgan fingerprint density at radius 3 is 2.75 bits per heavy atom. The van der Waals surface area contributed by atoms with E-state index in [4.69, 9.17) is 10.5 Å². The molecule has 1 saturated heterocycles. The lowest BCUT2D eigenvalue weighted by Gasteiger charge is -2.24. The molecule has 3 N–H and O–H groups in total. The van der Waals surface area contributed by atoms with E-state index in [1.165, 1.54) is 17.7 Å². The summed E-state index contributed by atoms with van der Waals surface area (Å²) in [5, 5.41) is 3.42. The molecule has 1 heterocycles. The van der Waals surface area contributed by atoms with Gasteiger partial charge in [-0.2, -0.15) is 0 Å². The number of rotatable bonds is 6. The molecule has 0 amide bonds. The Morgan fingerprint density at radius 2 is 2.04 bits per heavy atom. The number of nitrogens with one attached hydrogen (secondary N) is 1. The van der Waals surface area contributed by atoms with Gasteiger partial charge >= 0.3 is 0 Å². The molecule has 2 aromatic carbocycles. The number of anilines is 3. The van der Waals surface area contributed by atoms with Crippen molar-refractivity contribution in [2.24, 2.45) is 0 Å². The van der Waals surface area contributed by atoms with Gasteiger partial charge in [-0.1, -0.05) is 18.2 Å². The zero-order valence-corrected chi connectivity index (χ0v) is 14.9. The van der Waals surface area contributed by atoms with E-state index < -0.39 is 0 Å². The van der Waals surface area contributed by atoms with Crippen molar-refractivity contribution < 1.29 is 4.74 Å². The van der Waals surface area contributed by atoms with Crippen LogP contribution in [0.15, 0.2) is 53.4 Å². The molecule has 1 aliphatic heterocycles. The third-order valence-electron chi connectivity index (χ3n) is 4.18. The number of hydrogen-bond donors (Lipinski definition) is 2. The van der Waals surface area contributed by atoms with Gasteiger partial charge in [-0.15, -0.1) is 0 Å². The number of nitrogens with two attached hydrogens (primary N) is 1. The van der Waals surface area contributed by atoms with Crippen LogP contribution in [0.3, 0.4) is 0 Å². The standard InChI is InChI=1S/C19H25N3OS/c1-22(24-17-8-3-2-4-9-17)15-10-11-19(18(20)13-15)21-14-16-7-5-6-12-23-16/h2-4,8-11,13,16,21H,5-7,12,14,20H2,1H3. The maximum Gasteiger partial charge on any atom is 0.0747 e. The molecule has 5 heteroatoms. The summed E-state index contributed by atoms with van der Waals surface area (Å²) in [6.07, 6.45) is 3.86.